The molecule has 1 heterocycles. The van der Waals surface area contributed by atoms with Crippen LogP contribution in [0.4, 0.5) is 10.5 Å². The summed E-state index contributed by atoms with van der Waals surface area (Å²) in [4.78, 5) is 41.3. The van der Waals surface area contributed by atoms with Gasteiger partial charge in [-0.15, -0.1) is 0 Å². The number of benzene rings is 1. The van der Waals surface area contributed by atoms with Crippen LogP contribution in [-0.2, 0) is 0 Å². The zero-order valence-corrected chi connectivity index (χ0v) is 16.8. The van der Waals surface area contributed by atoms with E-state index in [1.54, 1.807) is 18.2 Å². The van der Waals surface area contributed by atoms with Crippen molar-refractivity contribution in [3.8, 4) is 0 Å². The van der Waals surface area contributed by atoms with Crippen LogP contribution in [0.5, 0.6) is 0 Å². The van der Waals surface area contributed by atoms with Gasteiger partial charge in [-0.2, -0.15) is 0 Å². The van der Waals surface area contributed by atoms with Crippen molar-refractivity contribution >= 4 is 23.5 Å². The number of rotatable bonds is 7. The highest BCUT2D eigenvalue weighted by Crippen LogP contribution is 2.32. The smallest absolute Gasteiger partial charge is 0.319 e. The predicted molar refractivity (Wildman–Crippen MR) is 109 cm³/mol. The van der Waals surface area contributed by atoms with Crippen molar-refractivity contribution in [3.63, 3.8) is 0 Å². The van der Waals surface area contributed by atoms with E-state index in [0.717, 1.165) is 51.7 Å². The average molecular weight is 386 g/mol. The maximum absolute atomic E-state index is 12.8. The standard InChI is InChI=1S/C21H30N4O3/c1-3-24(4-2)13-12-22-21(28)23-15-10-11-17-18(14-15)20(27)25(19(17)26)16-8-6-5-7-9-16/h10-11,14,16H,3-9,12-13H2,1-2H3,(H2,22,23,28). The quantitative estimate of drug-likeness (QED) is 0.706. The molecule has 1 aliphatic carbocycles. The molecule has 1 fully saturated rings. The number of nitrogens with one attached hydrogen (secondary N) is 2. The first-order valence-electron chi connectivity index (χ1n) is 10.3. The summed E-state index contributed by atoms with van der Waals surface area (Å²) >= 11 is 0. The van der Waals surface area contributed by atoms with Crippen LogP contribution < -0.4 is 10.6 Å². The average Bonchev–Trinajstić information content (AvgIpc) is 2.96. The Labute approximate surface area is 166 Å². The molecule has 4 amide bonds. The van der Waals surface area contributed by atoms with Gasteiger partial charge in [0.2, 0.25) is 0 Å². The first kappa shape index (κ1) is 20.3. The summed E-state index contributed by atoms with van der Waals surface area (Å²) < 4.78 is 0. The third kappa shape index (κ3) is 4.35. The number of amides is 4. The molecule has 1 saturated carbocycles. The van der Waals surface area contributed by atoms with Crippen molar-refractivity contribution in [2.45, 2.75) is 52.0 Å². The summed E-state index contributed by atoms with van der Waals surface area (Å²) in [5.74, 6) is -0.445. The molecular formula is C21H30N4O3. The Bertz CT molecular complexity index is 739. The van der Waals surface area contributed by atoms with Gasteiger partial charge in [-0.1, -0.05) is 33.1 Å². The van der Waals surface area contributed by atoms with Crippen molar-refractivity contribution in [2.24, 2.45) is 0 Å². The molecule has 7 nitrogen and oxygen atoms in total. The molecule has 3 rings (SSSR count). The Morgan fingerprint density at radius 3 is 2.43 bits per heavy atom. The lowest BCUT2D eigenvalue weighted by molar-refractivity contribution is 0.0549. The number of hydrogen-bond donors (Lipinski definition) is 2. The van der Waals surface area contributed by atoms with E-state index in [4.69, 9.17) is 0 Å². The lowest BCUT2D eigenvalue weighted by atomic mass is 9.94. The second kappa shape index (κ2) is 9.19. The van der Waals surface area contributed by atoms with Gasteiger partial charge in [-0.25, -0.2) is 4.79 Å². The van der Waals surface area contributed by atoms with Crippen LogP contribution in [0.2, 0.25) is 0 Å². The van der Waals surface area contributed by atoms with Crippen LogP contribution in [0.1, 0.15) is 66.7 Å². The first-order chi connectivity index (χ1) is 13.5. The van der Waals surface area contributed by atoms with E-state index >= 15 is 0 Å². The summed E-state index contributed by atoms with van der Waals surface area (Å²) in [6.45, 7) is 7.39. The number of likely N-dealkylation sites (N-methyl/N-ethyl adjacent to an activating group) is 1. The Hall–Kier alpha value is -2.41. The molecule has 0 spiro atoms. The Morgan fingerprint density at radius 2 is 1.75 bits per heavy atom. The molecule has 1 aliphatic heterocycles. The largest absolute Gasteiger partial charge is 0.337 e. The summed E-state index contributed by atoms with van der Waals surface area (Å²) in [5.41, 5.74) is 1.34. The van der Waals surface area contributed by atoms with E-state index in [-0.39, 0.29) is 23.9 Å². The molecule has 0 bridgehead atoms. The molecule has 2 N–H and O–H groups in total. The lowest BCUT2D eigenvalue weighted by Crippen LogP contribution is -2.40. The Morgan fingerprint density at radius 1 is 1.07 bits per heavy atom. The van der Waals surface area contributed by atoms with E-state index in [1.165, 1.54) is 4.90 Å². The summed E-state index contributed by atoms with van der Waals surface area (Å²) in [6, 6.07) is 4.62. The molecule has 0 saturated heterocycles. The maximum Gasteiger partial charge on any atom is 0.319 e. The van der Waals surface area contributed by atoms with Gasteiger partial charge in [-0.3, -0.25) is 14.5 Å². The Kier molecular flexibility index (Phi) is 6.67. The minimum absolute atomic E-state index is 0.000866. The lowest BCUT2D eigenvalue weighted by Gasteiger charge is -2.29. The number of imide groups is 1. The number of urea groups is 1. The predicted octanol–water partition coefficient (Wildman–Crippen LogP) is 3.08. The van der Waals surface area contributed by atoms with Crippen LogP contribution in [0.25, 0.3) is 0 Å². The van der Waals surface area contributed by atoms with Crippen LogP contribution >= 0.6 is 0 Å². The molecule has 0 radical (unpaired) electrons. The van der Waals surface area contributed by atoms with Gasteiger partial charge < -0.3 is 15.5 Å². The second-order valence-corrected chi connectivity index (χ2v) is 7.44. The molecule has 1 aromatic rings. The highest BCUT2D eigenvalue weighted by Gasteiger charge is 2.40. The van der Waals surface area contributed by atoms with Crippen molar-refractivity contribution < 1.29 is 14.4 Å². The topological polar surface area (TPSA) is 81.8 Å². The molecule has 0 aromatic heterocycles. The SMILES string of the molecule is CCN(CC)CCNC(=O)Nc1ccc2c(c1)C(=O)N(C1CCCCC1)C2=O. The third-order valence-corrected chi connectivity index (χ3v) is 5.72. The first-order valence-corrected chi connectivity index (χ1v) is 10.3. The fourth-order valence-corrected chi connectivity index (χ4v) is 4.05. The van der Waals surface area contributed by atoms with Crippen LogP contribution in [0, 0.1) is 0 Å². The molecule has 152 valence electrons. The number of hydrogen-bond acceptors (Lipinski definition) is 4. The zero-order chi connectivity index (χ0) is 20.1. The van der Waals surface area contributed by atoms with Crippen LogP contribution in [0.15, 0.2) is 18.2 Å². The third-order valence-electron chi connectivity index (χ3n) is 5.72. The van der Waals surface area contributed by atoms with E-state index in [1.807, 2.05) is 0 Å². The van der Waals surface area contributed by atoms with E-state index in [0.29, 0.717) is 23.4 Å². The highest BCUT2D eigenvalue weighted by atomic mass is 16.2. The van der Waals surface area contributed by atoms with E-state index in [2.05, 4.69) is 29.4 Å². The van der Waals surface area contributed by atoms with Gasteiger partial charge in [0, 0.05) is 24.8 Å². The van der Waals surface area contributed by atoms with Crippen molar-refractivity contribution in [3.05, 3.63) is 29.3 Å². The number of nitrogens with zero attached hydrogens (tertiary/aromatic N) is 2. The molecular weight excluding hydrogens is 356 g/mol. The summed E-state index contributed by atoms with van der Waals surface area (Å²) in [5, 5.41) is 5.59. The highest BCUT2D eigenvalue weighted by molar-refractivity contribution is 6.22. The molecule has 0 atom stereocenters. The zero-order valence-electron chi connectivity index (χ0n) is 16.8. The normalized spacial score (nSPS) is 17.2. The van der Waals surface area contributed by atoms with Crippen molar-refractivity contribution in [2.75, 3.05) is 31.5 Å². The van der Waals surface area contributed by atoms with Crippen molar-refractivity contribution in [1.82, 2.24) is 15.1 Å². The fourth-order valence-electron chi connectivity index (χ4n) is 4.05. The van der Waals surface area contributed by atoms with Gasteiger partial charge in [0.1, 0.15) is 0 Å². The molecule has 28 heavy (non-hydrogen) atoms. The number of carbonyl (C=O) groups excluding carboxylic acids is 3. The van der Waals surface area contributed by atoms with E-state index < -0.39 is 0 Å². The van der Waals surface area contributed by atoms with Gasteiger partial charge >= 0.3 is 6.03 Å². The Balaban J connectivity index is 1.61. The van der Waals surface area contributed by atoms with Gasteiger partial charge in [0.15, 0.2) is 0 Å². The minimum Gasteiger partial charge on any atom is -0.337 e. The molecule has 2 aliphatic rings. The number of carbonyl (C=O) groups is 3. The van der Waals surface area contributed by atoms with Crippen LogP contribution in [0.3, 0.4) is 0 Å². The van der Waals surface area contributed by atoms with Gasteiger partial charge in [-0.05, 0) is 44.1 Å². The molecule has 1 aromatic carbocycles. The van der Waals surface area contributed by atoms with Gasteiger partial charge in [0.25, 0.3) is 11.8 Å². The number of anilines is 1. The van der Waals surface area contributed by atoms with E-state index in [9.17, 15) is 14.4 Å². The maximum atomic E-state index is 12.8. The summed E-state index contributed by atoms with van der Waals surface area (Å²) in [7, 11) is 0. The van der Waals surface area contributed by atoms with Crippen LogP contribution in [-0.4, -0.2) is 59.9 Å². The summed E-state index contributed by atoms with van der Waals surface area (Å²) in [6.07, 6.45) is 5.03. The fraction of sp³-hybridized carbons (Fsp3) is 0.571. The second-order valence-electron chi connectivity index (χ2n) is 7.44. The monoisotopic (exact) mass is 386 g/mol. The number of fused-ring (bicyclic) bond motifs is 1. The van der Waals surface area contributed by atoms with Gasteiger partial charge in [0.05, 0.1) is 11.1 Å². The van der Waals surface area contributed by atoms with Crippen molar-refractivity contribution in [1.29, 1.82) is 0 Å². The molecule has 0 unspecified atom stereocenters. The molecule has 7 heteroatoms. The minimum atomic E-state index is -0.312.